The smallest absolute Gasteiger partial charge is 0.327 e. The van der Waals surface area contributed by atoms with Crippen molar-refractivity contribution in [2.24, 2.45) is 5.92 Å². The largest absolute Gasteiger partial charge is 0.478 e. The third kappa shape index (κ3) is 11.0. The molecule has 0 amide bonds. The van der Waals surface area contributed by atoms with Gasteiger partial charge in [-0.25, -0.2) is 4.79 Å². The zero-order valence-corrected chi connectivity index (χ0v) is 15.3. The van der Waals surface area contributed by atoms with Gasteiger partial charge in [0.15, 0.2) is 0 Å². The molecule has 0 spiro atoms. The van der Waals surface area contributed by atoms with Gasteiger partial charge in [0.25, 0.3) is 0 Å². The van der Waals surface area contributed by atoms with Crippen molar-refractivity contribution < 1.29 is 9.90 Å². The number of carbonyl (C=O) groups is 1. The molecule has 0 heterocycles. The van der Waals surface area contributed by atoms with Crippen molar-refractivity contribution in [2.45, 2.75) is 77.6 Å². The summed E-state index contributed by atoms with van der Waals surface area (Å²) in [7, 11) is 0. The Kier molecular flexibility index (Phi) is 11.8. The summed E-state index contributed by atoms with van der Waals surface area (Å²) in [5.41, 5.74) is 1.43. The molecule has 2 nitrogen and oxygen atoms in total. The number of carboxylic acids is 1. The number of hydrogen-bond acceptors (Lipinski definition) is 1. The van der Waals surface area contributed by atoms with E-state index in [1.807, 2.05) is 0 Å². The van der Waals surface area contributed by atoms with Crippen LogP contribution in [0.15, 0.2) is 42.5 Å². The SMILES string of the molecule is CCCCCCCC[C@H](CCC/C=C/C(=O)O)Cc1ccccc1. The molecule has 1 rings (SSSR count). The standard InChI is InChI=1S/C22H34O2/c1-2-3-4-5-6-9-14-20(17-12-8-13-18-22(23)24)19-21-15-10-7-11-16-21/h7,10-11,13,15-16,18,20H,2-6,8-9,12,14,17,19H2,1H3,(H,23,24)/b18-13+/t20-/m1/s1. The number of hydrogen-bond donors (Lipinski definition) is 1. The first kappa shape index (κ1) is 20.5. The van der Waals surface area contributed by atoms with Gasteiger partial charge in [-0.15, -0.1) is 0 Å². The van der Waals surface area contributed by atoms with Crippen LogP contribution in [0.4, 0.5) is 0 Å². The van der Waals surface area contributed by atoms with Gasteiger partial charge in [0.05, 0.1) is 0 Å². The summed E-state index contributed by atoms with van der Waals surface area (Å²) in [6, 6.07) is 10.7. The van der Waals surface area contributed by atoms with Gasteiger partial charge in [0.1, 0.15) is 0 Å². The van der Waals surface area contributed by atoms with Crippen LogP contribution in [0.5, 0.6) is 0 Å². The van der Waals surface area contributed by atoms with E-state index in [0.29, 0.717) is 0 Å². The molecule has 0 aliphatic heterocycles. The second kappa shape index (κ2) is 13.8. The third-order valence-electron chi connectivity index (χ3n) is 4.58. The molecule has 1 N–H and O–H groups in total. The van der Waals surface area contributed by atoms with E-state index in [4.69, 9.17) is 5.11 Å². The summed E-state index contributed by atoms with van der Waals surface area (Å²) in [5.74, 6) is -0.125. The van der Waals surface area contributed by atoms with Crippen LogP contribution in [0.25, 0.3) is 0 Å². The van der Waals surface area contributed by atoms with Gasteiger partial charge in [0.2, 0.25) is 0 Å². The fraction of sp³-hybridized carbons (Fsp3) is 0.591. The highest BCUT2D eigenvalue weighted by Crippen LogP contribution is 2.22. The van der Waals surface area contributed by atoms with E-state index >= 15 is 0 Å². The first-order valence-electron chi connectivity index (χ1n) is 9.65. The lowest BCUT2D eigenvalue weighted by Gasteiger charge is -2.17. The van der Waals surface area contributed by atoms with Crippen LogP contribution in [-0.2, 0) is 11.2 Å². The summed E-state index contributed by atoms with van der Waals surface area (Å²) in [5, 5.41) is 8.63. The van der Waals surface area contributed by atoms with Gasteiger partial charge >= 0.3 is 5.97 Å². The predicted molar refractivity (Wildman–Crippen MR) is 102 cm³/mol. The average molecular weight is 331 g/mol. The monoisotopic (exact) mass is 330 g/mol. The maximum Gasteiger partial charge on any atom is 0.327 e. The molecule has 1 aromatic rings. The van der Waals surface area contributed by atoms with Crippen LogP contribution in [0, 0.1) is 5.92 Å². The predicted octanol–water partition coefficient (Wildman–Crippen LogP) is 6.41. The van der Waals surface area contributed by atoms with Gasteiger partial charge in [-0.2, -0.15) is 0 Å². The normalized spacial score (nSPS) is 12.5. The van der Waals surface area contributed by atoms with Crippen LogP contribution < -0.4 is 0 Å². The highest BCUT2D eigenvalue weighted by molar-refractivity contribution is 5.79. The second-order valence-electron chi connectivity index (χ2n) is 6.78. The zero-order chi connectivity index (χ0) is 17.5. The minimum Gasteiger partial charge on any atom is -0.478 e. The number of benzene rings is 1. The van der Waals surface area contributed by atoms with Crippen LogP contribution in [0.1, 0.15) is 76.7 Å². The zero-order valence-electron chi connectivity index (χ0n) is 15.3. The molecule has 1 atom stereocenters. The van der Waals surface area contributed by atoms with E-state index in [1.54, 1.807) is 6.08 Å². The fourth-order valence-corrected chi connectivity index (χ4v) is 3.22. The number of carboxylic acid groups (broad SMARTS) is 1. The Morgan fingerprint density at radius 3 is 2.38 bits per heavy atom. The lowest BCUT2D eigenvalue weighted by atomic mass is 9.89. The Morgan fingerprint density at radius 2 is 1.67 bits per heavy atom. The van der Waals surface area contributed by atoms with Crippen LogP contribution >= 0.6 is 0 Å². The van der Waals surface area contributed by atoms with E-state index in [-0.39, 0.29) is 0 Å². The van der Waals surface area contributed by atoms with Crippen molar-refractivity contribution in [3.63, 3.8) is 0 Å². The summed E-state index contributed by atoms with van der Waals surface area (Å²) in [6.07, 6.45) is 16.7. The summed E-state index contributed by atoms with van der Waals surface area (Å²) >= 11 is 0. The Balaban J connectivity index is 2.33. The first-order valence-corrected chi connectivity index (χ1v) is 9.65. The van der Waals surface area contributed by atoms with Crippen molar-refractivity contribution in [1.29, 1.82) is 0 Å². The molecule has 0 unspecified atom stereocenters. The molecule has 0 bridgehead atoms. The van der Waals surface area contributed by atoms with Crippen molar-refractivity contribution in [1.82, 2.24) is 0 Å². The molecule has 1 aromatic carbocycles. The summed E-state index contributed by atoms with van der Waals surface area (Å²) in [6.45, 7) is 2.26. The molecule has 24 heavy (non-hydrogen) atoms. The van der Waals surface area contributed by atoms with Crippen LogP contribution in [0.3, 0.4) is 0 Å². The van der Waals surface area contributed by atoms with Crippen LogP contribution in [-0.4, -0.2) is 11.1 Å². The fourth-order valence-electron chi connectivity index (χ4n) is 3.22. The molecule has 0 fully saturated rings. The lowest BCUT2D eigenvalue weighted by Crippen LogP contribution is -2.05. The maximum atomic E-state index is 10.5. The third-order valence-corrected chi connectivity index (χ3v) is 4.58. The van der Waals surface area contributed by atoms with Crippen molar-refractivity contribution in [3.05, 3.63) is 48.0 Å². The minimum absolute atomic E-state index is 0.719. The maximum absolute atomic E-state index is 10.5. The Hall–Kier alpha value is -1.57. The number of allylic oxidation sites excluding steroid dienone is 1. The van der Waals surface area contributed by atoms with Gasteiger partial charge in [0, 0.05) is 6.08 Å². The molecule has 0 radical (unpaired) electrons. The van der Waals surface area contributed by atoms with E-state index < -0.39 is 5.97 Å². The van der Waals surface area contributed by atoms with E-state index in [1.165, 1.54) is 63.0 Å². The molecule has 0 saturated carbocycles. The topological polar surface area (TPSA) is 37.3 Å². The van der Waals surface area contributed by atoms with Crippen molar-refractivity contribution in [3.8, 4) is 0 Å². The molecule has 134 valence electrons. The number of aliphatic carboxylic acids is 1. The van der Waals surface area contributed by atoms with E-state index in [0.717, 1.165) is 25.2 Å². The number of rotatable bonds is 14. The second-order valence-corrected chi connectivity index (χ2v) is 6.78. The van der Waals surface area contributed by atoms with Gasteiger partial charge < -0.3 is 5.11 Å². The minimum atomic E-state index is -0.845. The lowest BCUT2D eigenvalue weighted by molar-refractivity contribution is -0.131. The average Bonchev–Trinajstić information content (AvgIpc) is 2.58. The Morgan fingerprint density at radius 1 is 1.00 bits per heavy atom. The van der Waals surface area contributed by atoms with Gasteiger partial charge in [-0.1, -0.05) is 88.3 Å². The van der Waals surface area contributed by atoms with Gasteiger partial charge in [-0.3, -0.25) is 0 Å². The van der Waals surface area contributed by atoms with E-state index in [9.17, 15) is 4.79 Å². The molecule has 0 saturated heterocycles. The highest BCUT2D eigenvalue weighted by atomic mass is 16.4. The molecule has 2 heteroatoms. The molecular weight excluding hydrogens is 296 g/mol. The Labute approximate surface area is 148 Å². The Bertz CT molecular complexity index is 450. The molecule has 0 aromatic heterocycles. The van der Waals surface area contributed by atoms with Crippen LogP contribution in [0.2, 0.25) is 0 Å². The molecule has 0 aliphatic carbocycles. The van der Waals surface area contributed by atoms with E-state index in [2.05, 4.69) is 37.3 Å². The summed E-state index contributed by atoms with van der Waals surface area (Å²) in [4.78, 5) is 10.5. The highest BCUT2D eigenvalue weighted by Gasteiger charge is 2.09. The van der Waals surface area contributed by atoms with Gasteiger partial charge in [-0.05, 0) is 37.2 Å². The quantitative estimate of drug-likeness (QED) is 0.316. The molecule has 0 aliphatic rings. The summed E-state index contributed by atoms with van der Waals surface area (Å²) < 4.78 is 0. The first-order chi connectivity index (χ1) is 11.7. The number of unbranched alkanes of at least 4 members (excludes halogenated alkanes) is 6. The van der Waals surface area contributed by atoms with Crippen molar-refractivity contribution >= 4 is 5.97 Å². The van der Waals surface area contributed by atoms with Crippen molar-refractivity contribution in [2.75, 3.05) is 0 Å². The molecular formula is C22H34O2.